The van der Waals surface area contributed by atoms with Crippen molar-refractivity contribution >= 4 is 28.8 Å². The maximum absolute atomic E-state index is 13.2. The molecule has 0 spiro atoms. The van der Waals surface area contributed by atoms with Gasteiger partial charge in [-0.15, -0.1) is 0 Å². The molecule has 0 radical (unpaired) electrons. The van der Waals surface area contributed by atoms with Crippen molar-refractivity contribution in [2.75, 3.05) is 23.7 Å². The molecule has 0 saturated carbocycles. The van der Waals surface area contributed by atoms with E-state index in [1.165, 1.54) is 37.9 Å². The van der Waals surface area contributed by atoms with E-state index in [0.717, 1.165) is 41.2 Å². The number of hydrogen-bond acceptors (Lipinski definition) is 4. The molecule has 2 amide bonds. The van der Waals surface area contributed by atoms with Gasteiger partial charge in [0, 0.05) is 34.7 Å². The fraction of sp³-hybridized carbons (Fsp3) is 0.333. The molecule has 39 heavy (non-hydrogen) atoms. The normalized spacial score (nSPS) is 17.2. The Morgan fingerprint density at radius 1 is 0.949 bits per heavy atom. The number of allylic oxidation sites excluding steroid dienone is 1. The summed E-state index contributed by atoms with van der Waals surface area (Å²) in [6.07, 6.45) is 5.34. The molecule has 6 nitrogen and oxygen atoms in total. The Balaban J connectivity index is 1.34. The lowest BCUT2D eigenvalue weighted by atomic mass is 9.99. The van der Waals surface area contributed by atoms with Crippen molar-refractivity contribution in [2.24, 2.45) is 0 Å². The molecule has 1 saturated heterocycles. The lowest BCUT2D eigenvalue weighted by molar-refractivity contribution is -0.110. The Labute approximate surface area is 231 Å². The predicted molar refractivity (Wildman–Crippen MR) is 158 cm³/mol. The largest absolute Gasteiger partial charge is 0.358 e. The Morgan fingerprint density at radius 3 is 2.38 bits per heavy atom. The van der Waals surface area contributed by atoms with Gasteiger partial charge in [-0.25, -0.2) is 0 Å². The molecule has 2 aliphatic rings. The quantitative estimate of drug-likeness (QED) is 0.272. The van der Waals surface area contributed by atoms with Gasteiger partial charge in [0.05, 0.1) is 11.6 Å². The standard InChI is InChI=1S/C33H38N4O2/c1-3-28(24-11-7-5-8-12-24)35-32(38)25-15-18-30-27(21-25)31(33(39)36-30)29(4-2)34-26-16-13-23(14-17-26)22-37-19-9-6-10-20-37/h5,7-8,11-18,21,28,34H,3-4,6,9-10,19-20,22H2,1-2H3,(H,35,38)(H,36,39)/t28-/m1/s1. The van der Waals surface area contributed by atoms with E-state index in [4.69, 9.17) is 0 Å². The molecule has 3 aromatic rings. The van der Waals surface area contributed by atoms with E-state index in [9.17, 15) is 9.59 Å². The molecule has 202 valence electrons. The average Bonchev–Trinajstić information content (AvgIpc) is 3.31. The highest BCUT2D eigenvalue weighted by Gasteiger charge is 2.28. The van der Waals surface area contributed by atoms with Crippen LogP contribution in [-0.2, 0) is 11.3 Å². The molecular weight excluding hydrogens is 484 g/mol. The summed E-state index contributed by atoms with van der Waals surface area (Å²) in [5.41, 5.74) is 6.77. The van der Waals surface area contributed by atoms with Gasteiger partial charge >= 0.3 is 0 Å². The highest BCUT2D eigenvalue weighted by Crippen LogP contribution is 2.36. The molecule has 0 bridgehead atoms. The molecule has 3 aromatic carbocycles. The first-order valence-electron chi connectivity index (χ1n) is 14.2. The van der Waals surface area contributed by atoms with E-state index >= 15 is 0 Å². The maximum atomic E-state index is 13.2. The van der Waals surface area contributed by atoms with Crippen LogP contribution in [0.25, 0.3) is 5.57 Å². The third-order valence-corrected chi connectivity index (χ3v) is 7.70. The minimum atomic E-state index is -0.150. The van der Waals surface area contributed by atoms with Crippen molar-refractivity contribution in [2.45, 2.75) is 58.5 Å². The number of carbonyl (C=O) groups excluding carboxylic acids is 2. The number of carbonyl (C=O) groups is 2. The summed E-state index contributed by atoms with van der Waals surface area (Å²) in [4.78, 5) is 28.8. The smallest absolute Gasteiger partial charge is 0.258 e. The molecule has 1 fully saturated rings. The van der Waals surface area contributed by atoms with Gasteiger partial charge in [0.1, 0.15) is 0 Å². The number of rotatable bonds is 9. The number of nitrogens with one attached hydrogen (secondary N) is 3. The molecule has 0 aromatic heterocycles. The number of anilines is 2. The highest BCUT2D eigenvalue weighted by molar-refractivity contribution is 6.32. The summed E-state index contributed by atoms with van der Waals surface area (Å²) in [7, 11) is 0. The molecule has 5 rings (SSSR count). The average molecular weight is 523 g/mol. The van der Waals surface area contributed by atoms with Crippen LogP contribution in [0.1, 0.15) is 79.0 Å². The van der Waals surface area contributed by atoms with Gasteiger partial charge in [-0.05, 0) is 80.2 Å². The zero-order valence-electron chi connectivity index (χ0n) is 22.9. The summed E-state index contributed by atoms with van der Waals surface area (Å²) in [6.45, 7) is 7.42. The first-order valence-corrected chi connectivity index (χ1v) is 14.2. The van der Waals surface area contributed by atoms with E-state index in [2.05, 4.69) is 52.0 Å². The molecule has 0 aliphatic carbocycles. The Hall–Kier alpha value is -3.90. The van der Waals surface area contributed by atoms with Crippen LogP contribution >= 0.6 is 0 Å². The molecule has 1 atom stereocenters. The number of piperidine rings is 1. The molecule has 0 unspecified atom stereocenters. The van der Waals surface area contributed by atoms with Gasteiger partial charge in [0.25, 0.3) is 11.8 Å². The zero-order chi connectivity index (χ0) is 27.2. The molecule has 6 heteroatoms. The number of amides is 2. The summed E-state index contributed by atoms with van der Waals surface area (Å²) in [6, 6.07) is 23.8. The van der Waals surface area contributed by atoms with Crippen molar-refractivity contribution in [1.29, 1.82) is 0 Å². The first kappa shape index (κ1) is 26.7. The SMILES string of the molecule is CCC(Nc1ccc(CN2CCCCC2)cc1)=C1C(=O)Nc2ccc(C(=O)N[C@H](CC)c3ccccc3)cc21. The van der Waals surface area contributed by atoms with Crippen molar-refractivity contribution in [3.8, 4) is 0 Å². The van der Waals surface area contributed by atoms with Gasteiger partial charge in [-0.3, -0.25) is 14.5 Å². The van der Waals surface area contributed by atoms with Crippen molar-refractivity contribution in [3.63, 3.8) is 0 Å². The summed E-state index contributed by atoms with van der Waals surface area (Å²) in [5.74, 6) is -0.299. The van der Waals surface area contributed by atoms with Crippen LogP contribution in [-0.4, -0.2) is 29.8 Å². The second kappa shape index (κ2) is 12.3. The summed E-state index contributed by atoms with van der Waals surface area (Å²) < 4.78 is 0. The van der Waals surface area contributed by atoms with Gasteiger partial charge in [-0.2, -0.15) is 0 Å². The van der Waals surface area contributed by atoms with E-state index in [1.807, 2.05) is 49.4 Å². The van der Waals surface area contributed by atoms with Crippen LogP contribution in [0.5, 0.6) is 0 Å². The monoisotopic (exact) mass is 522 g/mol. The van der Waals surface area contributed by atoms with Crippen molar-refractivity contribution in [3.05, 3.63) is 101 Å². The predicted octanol–water partition coefficient (Wildman–Crippen LogP) is 6.74. The van der Waals surface area contributed by atoms with E-state index in [0.29, 0.717) is 17.6 Å². The minimum absolute atomic E-state index is 0.0764. The number of hydrogen-bond donors (Lipinski definition) is 3. The Bertz CT molecular complexity index is 1340. The molecule has 3 N–H and O–H groups in total. The summed E-state index contributed by atoms with van der Waals surface area (Å²) in [5, 5.41) is 9.62. The van der Waals surface area contributed by atoms with Crippen molar-refractivity contribution < 1.29 is 9.59 Å². The lowest BCUT2D eigenvalue weighted by Crippen LogP contribution is -2.29. The number of benzene rings is 3. The topological polar surface area (TPSA) is 73.5 Å². The van der Waals surface area contributed by atoms with E-state index in [-0.39, 0.29) is 17.9 Å². The Kier molecular flexibility index (Phi) is 8.42. The number of nitrogens with zero attached hydrogens (tertiary/aromatic N) is 1. The second-order valence-electron chi connectivity index (χ2n) is 10.4. The maximum Gasteiger partial charge on any atom is 0.258 e. The first-order chi connectivity index (χ1) is 19.1. The molecule has 2 heterocycles. The van der Waals surface area contributed by atoms with E-state index < -0.39 is 0 Å². The minimum Gasteiger partial charge on any atom is -0.358 e. The van der Waals surface area contributed by atoms with Gasteiger partial charge < -0.3 is 16.0 Å². The molecular formula is C33H38N4O2. The van der Waals surface area contributed by atoms with Crippen LogP contribution in [0.4, 0.5) is 11.4 Å². The number of fused-ring (bicyclic) bond motifs is 1. The third kappa shape index (κ3) is 6.23. The van der Waals surface area contributed by atoms with Crippen LogP contribution in [0, 0.1) is 0 Å². The third-order valence-electron chi connectivity index (χ3n) is 7.70. The van der Waals surface area contributed by atoms with Crippen molar-refractivity contribution in [1.82, 2.24) is 10.2 Å². The lowest BCUT2D eigenvalue weighted by Gasteiger charge is -2.26. The van der Waals surface area contributed by atoms with E-state index in [1.54, 1.807) is 6.07 Å². The van der Waals surface area contributed by atoms with Crippen LogP contribution in [0.3, 0.4) is 0 Å². The van der Waals surface area contributed by atoms with Crippen LogP contribution < -0.4 is 16.0 Å². The van der Waals surface area contributed by atoms with Gasteiger partial charge in [0.2, 0.25) is 0 Å². The second-order valence-corrected chi connectivity index (χ2v) is 10.4. The van der Waals surface area contributed by atoms with Gasteiger partial charge in [-0.1, -0.05) is 62.7 Å². The fourth-order valence-corrected chi connectivity index (χ4v) is 5.53. The number of likely N-dealkylation sites (tertiary alicyclic amines) is 1. The highest BCUT2D eigenvalue weighted by atomic mass is 16.2. The zero-order valence-corrected chi connectivity index (χ0v) is 22.9. The Morgan fingerprint density at radius 2 is 1.69 bits per heavy atom. The van der Waals surface area contributed by atoms with Crippen LogP contribution in [0.15, 0.2) is 78.5 Å². The van der Waals surface area contributed by atoms with Gasteiger partial charge in [0.15, 0.2) is 0 Å². The summed E-state index contributed by atoms with van der Waals surface area (Å²) >= 11 is 0. The van der Waals surface area contributed by atoms with Crippen LogP contribution in [0.2, 0.25) is 0 Å². The molecule has 2 aliphatic heterocycles. The fourth-order valence-electron chi connectivity index (χ4n) is 5.53.